The third-order valence-electron chi connectivity index (χ3n) is 1.93. The average molecular weight is 242 g/mol. The minimum atomic E-state index is -0.0352. The lowest BCUT2D eigenvalue weighted by Gasteiger charge is -2.23. The Morgan fingerprint density at radius 3 is 2.29 bits per heavy atom. The molecule has 0 radical (unpaired) electrons. The number of nitrogens with one attached hydrogen (secondary N) is 2. The highest BCUT2D eigenvalue weighted by Gasteiger charge is 2.11. The second-order valence-corrected chi connectivity index (χ2v) is 5.17. The molecule has 0 aromatic carbocycles. The van der Waals surface area contributed by atoms with Gasteiger partial charge in [0.1, 0.15) is 0 Å². The fourth-order valence-corrected chi connectivity index (χ4v) is 1.15. The van der Waals surface area contributed by atoms with Gasteiger partial charge < -0.3 is 15.5 Å². The number of amides is 1. The summed E-state index contributed by atoms with van der Waals surface area (Å²) in [6, 6.07) is 0. The normalized spacial score (nSPS) is 12.2. The fourth-order valence-electron chi connectivity index (χ4n) is 1.15. The van der Waals surface area contributed by atoms with Gasteiger partial charge in [-0.1, -0.05) is 0 Å². The smallest absolute Gasteiger partial charge is 0.223 e. The standard InChI is InChI=1S/C12H26N4O/c1-7-13-11(15-12(2,3)4)14-9-8-10(17)16(5)6/h7-9H2,1-6H3,(H2,13,14,15). The van der Waals surface area contributed by atoms with Crippen LogP contribution in [0.25, 0.3) is 0 Å². The van der Waals surface area contributed by atoms with Crippen molar-refractivity contribution in [2.45, 2.75) is 39.7 Å². The summed E-state index contributed by atoms with van der Waals surface area (Å²) in [6.45, 7) is 9.55. The van der Waals surface area contributed by atoms with Crippen LogP contribution in [0, 0.1) is 0 Å². The Labute approximate surface area is 105 Å². The molecule has 100 valence electrons. The van der Waals surface area contributed by atoms with Crippen LogP contribution in [0.2, 0.25) is 0 Å². The third kappa shape index (κ3) is 8.54. The zero-order chi connectivity index (χ0) is 13.5. The van der Waals surface area contributed by atoms with Gasteiger partial charge in [-0.05, 0) is 27.7 Å². The SMILES string of the molecule is CCNC(=NCCC(=O)N(C)C)NC(C)(C)C. The van der Waals surface area contributed by atoms with Crippen molar-refractivity contribution in [3.8, 4) is 0 Å². The van der Waals surface area contributed by atoms with Crippen LogP contribution in [0.3, 0.4) is 0 Å². The van der Waals surface area contributed by atoms with Crippen LogP contribution in [-0.2, 0) is 4.79 Å². The zero-order valence-electron chi connectivity index (χ0n) is 11.9. The number of rotatable bonds is 4. The van der Waals surface area contributed by atoms with Gasteiger partial charge in [0, 0.05) is 32.6 Å². The first-order valence-electron chi connectivity index (χ1n) is 6.03. The van der Waals surface area contributed by atoms with Crippen molar-refractivity contribution in [2.24, 2.45) is 4.99 Å². The molecular formula is C12H26N4O. The van der Waals surface area contributed by atoms with Gasteiger partial charge in [-0.15, -0.1) is 0 Å². The summed E-state index contributed by atoms with van der Waals surface area (Å²) in [5.74, 6) is 0.854. The molecule has 0 spiro atoms. The van der Waals surface area contributed by atoms with E-state index in [-0.39, 0.29) is 11.4 Å². The molecule has 0 heterocycles. The van der Waals surface area contributed by atoms with E-state index in [4.69, 9.17) is 0 Å². The Balaban J connectivity index is 4.26. The second-order valence-electron chi connectivity index (χ2n) is 5.17. The minimum Gasteiger partial charge on any atom is -0.357 e. The second kappa shape index (κ2) is 7.14. The first-order chi connectivity index (χ1) is 7.76. The Morgan fingerprint density at radius 1 is 1.29 bits per heavy atom. The van der Waals surface area contributed by atoms with Crippen LogP contribution >= 0.6 is 0 Å². The monoisotopic (exact) mass is 242 g/mol. The number of carbonyl (C=O) groups excluding carboxylic acids is 1. The number of hydrogen-bond donors (Lipinski definition) is 2. The van der Waals surface area contributed by atoms with Crippen molar-refractivity contribution in [1.29, 1.82) is 0 Å². The van der Waals surface area contributed by atoms with E-state index in [9.17, 15) is 4.79 Å². The molecule has 5 heteroatoms. The molecule has 0 aliphatic heterocycles. The van der Waals surface area contributed by atoms with Gasteiger partial charge >= 0.3 is 0 Å². The van der Waals surface area contributed by atoms with Crippen molar-refractivity contribution in [1.82, 2.24) is 15.5 Å². The topological polar surface area (TPSA) is 56.7 Å². The first kappa shape index (κ1) is 15.7. The lowest BCUT2D eigenvalue weighted by Crippen LogP contribution is -2.47. The van der Waals surface area contributed by atoms with Crippen molar-refractivity contribution in [3.63, 3.8) is 0 Å². The molecule has 0 atom stereocenters. The molecule has 0 saturated carbocycles. The summed E-state index contributed by atoms with van der Waals surface area (Å²) in [5.41, 5.74) is -0.0352. The molecule has 0 fully saturated rings. The van der Waals surface area contributed by atoms with Crippen molar-refractivity contribution < 1.29 is 4.79 Å². The lowest BCUT2D eigenvalue weighted by atomic mass is 10.1. The van der Waals surface area contributed by atoms with Crippen LogP contribution in [0.4, 0.5) is 0 Å². The number of aliphatic imine (C=N–C) groups is 1. The summed E-state index contributed by atoms with van der Waals surface area (Å²) in [6.07, 6.45) is 0.438. The van der Waals surface area contributed by atoms with Crippen molar-refractivity contribution in [3.05, 3.63) is 0 Å². The number of hydrogen-bond acceptors (Lipinski definition) is 2. The fraction of sp³-hybridized carbons (Fsp3) is 0.833. The number of guanidine groups is 1. The van der Waals surface area contributed by atoms with E-state index in [1.165, 1.54) is 0 Å². The average Bonchev–Trinajstić information content (AvgIpc) is 2.15. The van der Waals surface area contributed by atoms with Gasteiger partial charge in [-0.3, -0.25) is 9.79 Å². The Bertz CT molecular complexity index is 266. The highest BCUT2D eigenvalue weighted by atomic mass is 16.2. The first-order valence-corrected chi connectivity index (χ1v) is 6.03. The zero-order valence-corrected chi connectivity index (χ0v) is 11.9. The Morgan fingerprint density at radius 2 is 1.88 bits per heavy atom. The predicted octanol–water partition coefficient (Wildman–Crippen LogP) is 0.818. The molecule has 1 amide bonds. The molecular weight excluding hydrogens is 216 g/mol. The van der Waals surface area contributed by atoms with Gasteiger partial charge in [0.15, 0.2) is 5.96 Å². The van der Waals surface area contributed by atoms with E-state index in [1.807, 2.05) is 6.92 Å². The summed E-state index contributed by atoms with van der Waals surface area (Å²) in [4.78, 5) is 17.3. The molecule has 2 N–H and O–H groups in total. The molecule has 17 heavy (non-hydrogen) atoms. The highest BCUT2D eigenvalue weighted by molar-refractivity contribution is 5.81. The summed E-state index contributed by atoms with van der Waals surface area (Å²) in [7, 11) is 3.51. The maximum Gasteiger partial charge on any atom is 0.223 e. The predicted molar refractivity (Wildman–Crippen MR) is 72.2 cm³/mol. The Hall–Kier alpha value is -1.26. The quantitative estimate of drug-likeness (QED) is 0.567. The van der Waals surface area contributed by atoms with Crippen molar-refractivity contribution in [2.75, 3.05) is 27.2 Å². The summed E-state index contributed by atoms with van der Waals surface area (Å²) in [5, 5.41) is 6.43. The maximum absolute atomic E-state index is 11.4. The third-order valence-corrected chi connectivity index (χ3v) is 1.93. The van der Waals surface area contributed by atoms with Crippen LogP contribution < -0.4 is 10.6 Å². The minimum absolute atomic E-state index is 0.0352. The van der Waals surface area contributed by atoms with E-state index in [2.05, 4.69) is 36.4 Å². The summed E-state index contributed by atoms with van der Waals surface area (Å²) >= 11 is 0. The van der Waals surface area contributed by atoms with Gasteiger partial charge in [0.05, 0.1) is 6.54 Å². The van der Waals surface area contributed by atoms with Crippen LogP contribution in [0.5, 0.6) is 0 Å². The van der Waals surface area contributed by atoms with Gasteiger partial charge in [0.25, 0.3) is 0 Å². The van der Waals surface area contributed by atoms with Crippen LogP contribution in [0.1, 0.15) is 34.1 Å². The summed E-state index contributed by atoms with van der Waals surface area (Å²) < 4.78 is 0. The van der Waals surface area contributed by atoms with Crippen molar-refractivity contribution >= 4 is 11.9 Å². The number of carbonyl (C=O) groups is 1. The van der Waals surface area contributed by atoms with Crippen LogP contribution in [-0.4, -0.2) is 49.5 Å². The molecule has 0 saturated heterocycles. The number of nitrogens with zero attached hydrogens (tertiary/aromatic N) is 2. The largest absolute Gasteiger partial charge is 0.357 e. The van der Waals surface area contributed by atoms with E-state index in [0.717, 1.165) is 12.5 Å². The molecule has 0 bridgehead atoms. The molecule has 0 aromatic heterocycles. The van der Waals surface area contributed by atoms with Gasteiger partial charge in [-0.25, -0.2) is 0 Å². The molecule has 5 nitrogen and oxygen atoms in total. The lowest BCUT2D eigenvalue weighted by molar-refractivity contribution is -0.128. The van der Waals surface area contributed by atoms with Crippen LogP contribution in [0.15, 0.2) is 4.99 Å². The van der Waals surface area contributed by atoms with E-state index in [0.29, 0.717) is 13.0 Å². The molecule has 0 aliphatic carbocycles. The highest BCUT2D eigenvalue weighted by Crippen LogP contribution is 1.98. The van der Waals surface area contributed by atoms with E-state index < -0.39 is 0 Å². The van der Waals surface area contributed by atoms with Gasteiger partial charge in [0.2, 0.25) is 5.91 Å². The molecule has 0 aliphatic rings. The molecule has 0 rings (SSSR count). The Kier molecular flexibility index (Phi) is 6.61. The maximum atomic E-state index is 11.4. The van der Waals surface area contributed by atoms with E-state index in [1.54, 1.807) is 19.0 Å². The van der Waals surface area contributed by atoms with Gasteiger partial charge in [-0.2, -0.15) is 0 Å². The van der Waals surface area contributed by atoms with E-state index >= 15 is 0 Å². The molecule has 0 aromatic rings. The molecule has 0 unspecified atom stereocenters.